The van der Waals surface area contributed by atoms with Crippen LogP contribution in [0, 0.1) is 13.8 Å². The zero-order chi connectivity index (χ0) is 20.8. The van der Waals surface area contributed by atoms with Crippen LogP contribution < -0.4 is 10.2 Å². The highest BCUT2D eigenvalue weighted by atomic mass is 127. The molecule has 5 nitrogen and oxygen atoms in total. The normalized spacial score (nSPS) is 14.5. The van der Waals surface area contributed by atoms with Crippen molar-refractivity contribution in [2.24, 2.45) is 0 Å². The minimum atomic E-state index is -0.456. The number of amides is 1. The molecule has 0 aromatic heterocycles. The predicted octanol–water partition coefficient (Wildman–Crippen LogP) is 7.42. The van der Waals surface area contributed by atoms with E-state index in [1.165, 1.54) is 38.0 Å². The molecule has 2 heterocycles. The Morgan fingerprint density at radius 1 is 0.938 bits per heavy atom. The summed E-state index contributed by atoms with van der Waals surface area (Å²) in [6.07, 6.45) is -0.217. The third-order valence-corrected chi connectivity index (χ3v) is 6.39. The lowest BCUT2D eigenvalue weighted by atomic mass is 10.1. The fraction of sp³-hybridized carbons (Fsp3) is 0.435. The molecule has 178 valence electrons. The second kappa shape index (κ2) is 12.0. The minimum Gasteiger partial charge on any atom is -0.444 e. The van der Waals surface area contributed by atoms with Crippen molar-refractivity contribution in [2.75, 3.05) is 36.4 Å². The van der Waals surface area contributed by atoms with Crippen molar-refractivity contribution in [3.63, 3.8) is 0 Å². The van der Waals surface area contributed by atoms with Gasteiger partial charge in [0.25, 0.3) is 0 Å². The van der Waals surface area contributed by atoms with Crippen molar-refractivity contribution in [1.29, 1.82) is 0 Å². The number of hydrogen-bond donors (Lipinski definition) is 1. The van der Waals surface area contributed by atoms with E-state index in [9.17, 15) is 4.79 Å². The number of rotatable bonds is 1. The highest BCUT2D eigenvalue weighted by Gasteiger charge is 2.27. The van der Waals surface area contributed by atoms with Gasteiger partial charge in [-0.05, 0) is 63.9 Å². The largest absolute Gasteiger partial charge is 0.444 e. The molecule has 0 atom stereocenters. The van der Waals surface area contributed by atoms with Gasteiger partial charge < -0.3 is 19.9 Å². The molecular formula is C23H32I3N3O2S. The lowest BCUT2D eigenvalue weighted by molar-refractivity contribution is 0.0240. The second-order valence-corrected chi connectivity index (χ2v) is 9.85. The van der Waals surface area contributed by atoms with Crippen LogP contribution in [0.1, 0.15) is 31.9 Å². The number of para-hydroxylation sites is 1. The smallest absolute Gasteiger partial charge is 0.410 e. The van der Waals surface area contributed by atoms with Gasteiger partial charge in [0.2, 0.25) is 0 Å². The molecule has 0 aliphatic carbocycles. The fourth-order valence-corrected chi connectivity index (χ4v) is 4.95. The number of carbonyl (C=O) groups excluding carboxylic acids is 1. The highest BCUT2D eigenvalue weighted by molar-refractivity contribution is 14.0. The van der Waals surface area contributed by atoms with E-state index in [1.54, 1.807) is 0 Å². The van der Waals surface area contributed by atoms with Crippen LogP contribution in [0.5, 0.6) is 0 Å². The average molecular weight is 795 g/mol. The number of anilines is 3. The summed E-state index contributed by atoms with van der Waals surface area (Å²) in [5, 5.41) is 3.64. The van der Waals surface area contributed by atoms with E-state index in [-0.39, 0.29) is 78.0 Å². The molecule has 1 saturated heterocycles. The van der Waals surface area contributed by atoms with Gasteiger partial charge in [0.05, 0.1) is 11.4 Å². The Morgan fingerprint density at radius 3 is 2.19 bits per heavy atom. The molecule has 0 saturated carbocycles. The molecule has 2 aromatic rings. The number of ether oxygens (including phenoxy) is 1. The Bertz CT molecular complexity index is 958. The summed E-state index contributed by atoms with van der Waals surface area (Å²) in [7, 11) is 0. The van der Waals surface area contributed by atoms with Crippen molar-refractivity contribution in [2.45, 2.75) is 50.0 Å². The molecule has 9 heteroatoms. The van der Waals surface area contributed by atoms with Gasteiger partial charge in [-0.25, -0.2) is 4.79 Å². The number of aryl methyl sites for hydroxylation is 2. The highest BCUT2D eigenvalue weighted by Crippen LogP contribution is 2.48. The first-order valence-electron chi connectivity index (χ1n) is 10.1. The summed E-state index contributed by atoms with van der Waals surface area (Å²) in [5.41, 5.74) is 5.69. The second-order valence-electron chi connectivity index (χ2n) is 8.77. The molecule has 2 aromatic carbocycles. The van der Waals surface area contributed by atoms with Gasteiger partial charge in [-0.2, -0.15) is 0 Å². The summed E-state index contributed by atoms with van der Waals surface area (Å²) < 4.78 is 5.51. The van der Waals surface area contributed by atoms with E-state index in [2.05, 4.69) is 54.4 Å². The molecular weight excluding hydrogens is 763 g/mol. The van der Waals surface area contributed by atoms with Crippen molar-refractivity contribution in [1.82, 2.24) is 4.90 Å². The number of nitrogens with zero attached hydrogens (tertiary/aromatic N) is 2. The van der Waals surface area contributed by atoms with Crippen LogP contribution in [0.15, 0.2) is 40.1 Å². The summed E-state index contributed by atoms with van der Waals surface area (Å²) in [4.78, 5) is 19.0. The third-order valence-electron chi connectivity index (χ3n) is 5.29. The summed E-state index contributed by atoms with van der Waals surface area (Å²) in [6.45, 7) is 13.0. The van der Waals surface area contributed by atoms with Crippen molar-refractivity contribution in [3.05, 3.63) is 41.5 Å². The number of benzene rings is 2. The van der Waals surface area contributed by atoms with Crippen LogP contribution in [0.4, 0.5) is 21.9 Å². The lowest BCUT2D eigenvalue weighted by Gasteiger charge is -2.37. The van der Waals surface area contributed by atoms with E-state index in [0.29, 0.717) is 13.1 Å². The molecule has 2 aliphatic rings. The molecule has 32 heavy (non-hydrogen) atoms. The first-order chi connectivity index (χ1) is 13.7. The Hall–Kier alpha value is -0.150. The standard InChI is InChI=1S/C23H29N3O2S.3HI/c1-15-7-6-8-18-20(15)24-21-16(2)13-17(14-19(21)29-18)25-9-11-26(12-10-25)22(27)28-23(3,4)5;;;/h6-8,13-14,24H,9-12H2,1-5H3;3*1H. The van der Waals surface area contributed by atoms with Gasteiger partial charge >= 0.3 is 6.09 Å². The quantitative estimate of drug-likeness (QED) is 0.260. The maximum atomic E-state index is 12.3. The molecule has 4 rings (SSSR count). The van der Waals surface area contributed by atoms with Crippen LogP contribution in [-0.2, 0) is 4.74 Å². The number of nitrogens with one attached hydrogen (secondary N) is 1. The maximum absolute atomic E-state index is 12.3. The fourth-order valence-electron chi connectivity index (χ4n) is 3.76. The number of piperazine rings is 1. The van der Waals surface area contributed by atoms with Gasteiger partial charge in [-0.15, -0.1) is 71.9 Å². The zero-order valence-electron chi connectivity index (χ0n) is 19.1. The summed E-state index contributed by atoms with van der Waals surface area (Å²) in [5.74, 6) is 0. The Balaban J connectivity index is 0.00000171. The van der Waals surface area contributed by atoms with Crippen LogP contribution in [0.2, 0.25) is 0 Å². The summed E-state index contributed by atoms with van der Waals surface area (Å²) in [6, 6.07) is 10.9. The van der Waals surface area contributed by atoms with Crippen molar-refractivity contribution < 1.29 is 9.53 Å². The van der Waals surface area contributed by atoms with Crippen LogP contribution in [0.3, 0.4) is 0 Å². The topological polar surface area (TPSA) is 44.8 Å². The number of fused-ring (bicyclic) bond motifs is 2. The van der Waals surface area contributed by atoms with Gasteiger partial charge in [0.1, 0.15) is 5.60 Å². The van der Waals surface area contributed by atoms with Gasteiger partial charge in [-0.1, -0.05) is 23.9 Å². The molecule has 1 fully saturated rings. The molecule has 1 amide bonds. The van der Waals surface area contributed by atoms with Crippen molar-refractivity contribution >= 4 is 107 Å². The summed E-state index contributed by atoms with van der Waals surface area (Å²) >= 11 is 1.83. The van der Waals surface area contributed by atoms with E-state index in [4.69, 9.17) is 4.74 Å². The van der Waals surface area contributed by atoms with Gasteiger partial charge in [0, 0.05) is 41.7 Å². The molecule has 0 bridgehead atoms. The molecule has 0 radical (unpaired) electrons. The van der Waals surface area contributed by atoms with E-state index < -0.39 is 5.60 Å². The molecule has 2 aliphatic heterocycles. The molecule has 0 unspecified atom stereocenters. The van der Waals surface area contributed by atoms with Crippen LogP contribution in [-0.4, -0.2) is 42.8 Å². The zero-order valence-corrected chi connectivity index (χ0v) is 26.9. The van der Waals surface area contributed by atoms with Crippen LogP contribution >= 0.6 is 83.7 Å². The van der Waals surface area contributed by atoms with Gasteiger partial charge in [0.15, 0.2) is 0 Å². The average Bonchev–Trinajstić information content (AvgIpc) is 2.66. The number of hydrogen-bond acceptors (Lipinski definition) is 5. The third kappa shape index (κ3) is 6.71. The van der Waals surface area contributed by atoms with E-state index >= 15 is 0 Å². The first-order valence-corrected chi connectivity index (χ1v) is 10.9. The molecule has 0 spiro atoms. The van der Waals surface area contributed by atoms with Gasteiger partial charge in [-0.3, -0.25) is 0 Å². The molecule has 1 N–H and O–H groups in total. The van der Waals surface area contributed by atoms with E-state index in [0.717, 1.165) is 13.1 Å². The Morgan fingerprint density at radius 2 is 1.56 bits per heavy atom. The first kappa shape index (κ1) is 29.9. The Labute approximate surface area is 246 Å². The monoisotopic (exact) mass is 795 g/mol. The predicted molar refractivity (Wildman–Crippen MR) is 166 cm³/mol. The Kier molecular flexibility index (Phi) is 11.2. The number of halogens is 3. The van der Waals surface area contributed by atoms with E-state index in [1.807, 2.05) is 37.4 Å². The maximum Gasteiger partial charge on any atom is 0.410 e. The lowest BCUT2D eigenvalue weighted by Crippen LogP contribution is -2.50. The minimum absolute atomic E-state index is 0. The van der Waals surface area contributed by atoms with Crippen LogP contribution in [0.25, 0.3) is 0 Å². The van der Waals surface area contributed by atoms with Crippen molar-refractivity contribution in [3.8, 4) is 0 Å². The SMILES string of the molecule is Cc1cccc2c1Nc1c(C)cc(N3CCN(C(=O)OC(C)(C)C)CC3)cc1S2.I.I.I. The number of carbonyl (C=O) groups is 1.